The summed E-state index contributed by atoms with van der Waals surface area (Å²) in [5, 5.41) is 11.4. The Kier molecular flexibility index (Phi) is 5.74. The molecule has 0 aliphatic carbocycles. The molecule has 0 saturated carbocycles. The van der Waals surface area contributed by atoms with Gasteiger partial charge in [0.25, 0.3) is 6.43 Å². The number of anilines is 2. The summed E-state index contributed by atoms with van der Waals surface area (Å²) in [4.78, 5) is 13.7. The van der Waals surface area contributed by atoms with E-state index in [2.05, 4.69) is 15.3 Å². The normalized spacial score (nSPS) is 17.5. The molecule has 0 unspecified atom stereocenters. The van der Waals surface area contributed by atoms with Gasteiger partial charge in [0.15, 0.2) is 5.82 Å². The number of carbonyl (C=O) groups excluding carboxylic acids is 1. The van der Waals surface area contributed by atoms with Crippen molar-refractivity contribution in [2.45, 2.75) is 45.2 Å². The minimum Gasteiger partial charge on any atom is -0.338 e. The Morgan fingerprint density at radius 2 is 2.10 bits per heavy atom. The van der Waals surface area contributed by atoms with Crippen molar-refractivity contribution in [2.24, 2.45) is 0 Å². The highest BCUT2D eigenvalue weighted by molar-refractivity contribution is 6.31. The van der Waals surface area contributed by atoms with E-state index >= 15 is 0 Å². The number of piperidine rings is 1. The van der Waals surface area contributed by atoms with Crippen LogP contribution in [0.5, 0.6) is 0 Å². The average Bonchev–Trinajstić information content (AvgIpc) is 3.07. The molecule has 1 aromatic carbocycles. The summed E-state index contributed by atoms with van der Waals surface area (Å²) in [7, 11) is 0. The van der Waals surface area contributed by atoms with Gasteiger partial charge in [0.1, 0.15) is 0 Å². The number of fused-ring (bicyclic) bond motifs is 1. The zero-order valence-corrected chi connectivity index (χ0v) is 17.0. The summed E-state index contributed by atoms with van der Waals surface area (Å²) in [5.74, 6) is 0.634. The SMILES string of the molecule is CC(=O)N1CCc2c(c(Nc3ccc(Cl)c(C(F)F)c3)nn2C2CCNCC2)C1. The highest BCUT2D eigenvalue weighted by atomic mass is 35.5. The maximum Gasteiger partial charge on any atom is 0.265 e. The lowest BCUT2D eigenvalue weighted by Gasteiger charge is -2.29. The maximum atomic E-state index is 13.2. The number of carbonyl (C=O) groups is 1. The van der Waals surface area contributed by atoms with E-state index in [1.165, 1.54) is 12.1 Å². The Labute approximate surface area is 173 Å². The Morgan fingerprint density at radius 3 is 2.79 bits per heavy atom. The standard InChI is InChI=1S/C20H24ClF2N5O/c1-12(29)27-9-6-18-16(11-27)20(26-28(18)14-4-7-24-8-5-14)25-13-2-3-17(21)15(10-13)19(22)23/h2-3,10,14,19,24H,4-9,11H2,1H3,(H,25,26). The van der Waals surface area contributed by atoms with Crippen molar-refractivity contribution in [3.8, 4) is 0 Å². The lowest BCUT2D eigenvalue weighted by molar-refractivity contribution is -0.129. The van der Waals surface area contributed by atoms with Gasteiger partial charge in [0, 0.05) is 47.4 Å². The highest BCUT2D eigenvalue weighted by Crippen LogP contribution is 2.34. The van der Waals surface area contributed by atoms with Crippen LogP contribution in [-0.4, -0.2) is 40.2 Å². The fourth-order valence-corrected chi connectivity index (χ4v) is 4.29. The number of nitrogens with one attached hydrogen (secondary N) is 2. The van der Waals surface area contributed by atoms with Gasteiger partial charge < -0.3 is 15.5 Å². The van der Waals surface area contributed by atoms with Crippen molar-refractivity contribution in [3.63, 3.8) is 0 Å². The molecule has 2 N–H and O–H groups in total. The largest absolute Gasteiger partial charge is 0.338 e. The zero-order chi connectivity index (χ0) is 20.5. The predicted molar refractivity (Wildman–Crippen MR) is 108 cm³/mol. The molecule has 0 spiro atoms. The number of rotatable bonds is 4. The Balaban J connectivity index is 1.70. The van der Waals surface area contributed by atoms with Gasteiger partial charge in [-0.1, -0.05) is 11.6 Å². The van der Waals surface area contributed by atoms with E-state index in [0.29, 0.717) is 30.6 Å². The molecule has 1 aromatic heterocycles. The van der Waals surface area contributed by atoms with Crippen LogP contribution in [0.1, 0.15) is 49.1 Å². The maximum absolute atomic E-state index is 13.2. The van der Waals surface area contributed by atoms with E-state index in [4.69, 9.17) is 16.7 Å². The zero-order valence-electron chi connectivity index (χ0n) is 16.2. The number of amides is 1. The number of hydrogen-bond acceptors (Lipinski definition) is 4. The molecule has 0 bridgehead atoms. The van der Waals surface area contributed by atoms with Crippen molar-refractivity contribution in [1.82, 2.24) is 20.0 Å². The first-order valence-corrected chi connectivity index (χ1v) is 10.2. The van der Waals surface area contributed by atoms with Crippen molar-refractivity contribution >= 4 is 29.0 Å². The predicted octanol–water partition coefficient (Wildman–Crippen LogP) is 4.05. The summed E-state index contributed by atoms with van der Waals surface area (Å²) in [5.41, 5.74) is 2.37. The minimum atomic E-state index is -2.65. The monoisotopic (exact) mass is 423 g/mol. The van der Waals surface area contributed by atoms with Crippen LogP contribution in [0.2, 0.25) is 5.02 Å². The van der Waals surface area contributed by atoms with Gasteiger partial charge >= 0.3 is 0 Å². The Morgan fingerprint density at radius 1 is 1.34 bits per heavy atom. The fourth-order valence-electron chi connectivity index (χ4n) is 4.09. The average molecular weight is 424 g/mol. The number of benzene rings is 1. The van der Waals surface area contributed by atoms with E-state index in [9.17, 15) is 13.6 Å². The molecule has 2 aliphatic heterocycles. The third kappa shape index (κ3) is 4.09. The molecule has 156 valence electrons. The second-order valence-electron chi connectivity index (χ2n) is 7.55. The molecule has 29 heavy (non-hydrogen) atoms. The summed E-state index contributed by atoms with van der Waals surface area (Å²) < 4.78 is 28.5. The lowest BCUT2D eigenvalue weighted by atomic mass is 10.0. The molecule has 1 saturated heterocycles. The van der Waals surface area contributed by atoms with Gasteiger partial charge in [-0.3, -0.25) is 9.48 Å². The van der Waals surface area contributed by atoms with Crippen LogP contribution in [0.3, 0.4) is 0 Å². The molecular formula is C20H24ClF2N5O. The van der Waals surface area contributed by atoms with E-state index < -0.39 is 6.43 Å². The molecule has 2 aromatic rings. The first-order chi connectivity index (χ1) is 13.9. The van der Waals surface area contributed by atoms with E-state index in [1.54, 1.807) is 17.9 Å². The number of alkyl halides is 2. The molecule has 3 heterocycles. The van der Waals surface area contributed by atoms with Gasteiger partial charge in [-0.2, -0.15) is 5.10 Å². The molecule has 0 atom stereocenters. The summed E-state index contributed by atoms with van der Waals surface area (Å²) in [6.45, 7) is 4.57. The molecule has 2 aliphatic rings. The van der Waals surface area contributed by atoms with Gasteiger partial charge in [-0.15, -0.1) is 0 Å². The molecule has 4 rings (SSSR count). The minimum absolute atomic E-state index is 0.0164. The van der Waals surface area contributed by atoms with E-state index in [-0.39, 0.29) is 16.5 Å². The van der Waals surface area contributed by atoms with Gasteiger partial charge in [0.05, 0.1) is 12.6 Å². The van der Waals surface area contributed by atoms with Crippen molar-refractivity contribution in [1.29, 1.82) is 0 Å². The number of hydrogen-bond donors (Lipinski definition) is 2. The van der Waals surface area contributed by atoms with E-state index in [0.717, 1.165) is 43.6 Å². The van der Waals surface area contributed by atoms with Crippen LogP contribution in [-0.2, 0) is 17.8 Å². The summed E-state index contributed by atoms with van der Waals surface area (Å²) >= 11 is 5.89. The smallest absolute Gasteiger partial charge is 0.265 e. The first-order valence-electron chi connectivity index (χ1n) is 9.85. The quantitative estimate of drug-likeness (QED) is 0.778. The van der Waals surface area contributed by atoms with Crippen LogP contribution in [0.25, 0.3) is 0 Å². The Bertz CT molecular complexity index is 911. The molecule has 6 nitrogen and oxygen atoms in total. The highest BCUT2D eigenvalue weighted by Gasteiger charge is 2.29. The van der Waals surface area contributed by atoms with Crippen molar-refractivity contribution in [3.05, 3.63) is 40.0 Å². The van der Waals surface area contributed by atoms with Gasteiger partial charge in [-0.05, 0) is 44.1 Å². The van der Waals surface area contributed by atoms with E-state index in [1.807, 2.05) is 0 Å². The second kappa shape index (κ2) is 8.28. The number of aromatic nitrogens is 2. The molecule has 1 fully saturated rings. The molecule has 9 heteroatoms. The fraction of sp³-hybridized carbons (Fsp3) is 0.500. The first kappa shape index (κ1) is 20.1. The van der Waals surface area contributed by atoms with Crippen LogP contribution in [0, 0.1) is 0 Å². The molecule has 1 amide bonds. The third-order valence-electron chi connectivity index (χ3n) is 5.68. The second-order valence-corrected chi connectivity index (χ2v) is 7.96. The topological polar surface area (TPSA) is 62.2 Å². The van der Waals surface area contributed by atoms with Crippen LogP contribution in [0.15, 0.2) is 18.2 Å². The summed E-state index contributed by atoms with van der Waals surface area (Å²) in [6.07, 6.45) is 0.0517. The van der Waals surface area contributed by atoms with Crippen LogP contribution >= 0.6 is 11.6 Å². The lowest BCUT2D eigenvalue weighted by Crippen LogP contribution is -2.36. The van der Waals surface area contributed by atoms with Gasteiger partial charge in [-0.25, -0.2) is 8.78 Å². The van der Waals surface area contributed by atoms with Crippen LogP contribution in [0.4, 0.5) is 20.3 Å². The molecule has 0 radical (unpaired) electrons. The number of nitrogens with zero attached hydrogens (tertiary/aromatic N) is 3. The van der Waals surface area contributed by atoms with Crippen molar-refractivity contribution in [2.75, 3.05) is 25.0 Å². The molecular weight excluding hydrogens is 400 g/mol. The third-order valence-corrected chi connectivity index (χ3v) is 6.02. The van der Waals surface area contributed by atoms with Gasteiger partial charge in [0.2, 0.25) is 5.91 Å². The Hall–Kier alpha value is -2.19. The summed E-state index contributed by atoms with van der Waals surface area (Å²) in [6, 6.07) is 4.78. The number of halogens is 3. The van der Waals surface area contributed by atoms with Crippen molar-refractivity contribution < 1.29 is 13.6 Å². The van der Waals surface area contributed by atoms with Crippen LogP contribution < -0.4 is 10.6 Å².